The average Bonchev–Trinajstić information content (AvgIpc) is 3.21. The fourth-order valence-corrected chi connectivity index (χ4v) is 3.86. The second-order valence-corrected chi connectivity index (χ2v) is 9.21. The molecule has 0 saturated heterocycles. The Bertz CT molecular complexity index is 1020. The molecule has 2 aromatic carbocycles. The number of anilines is 1. The minimum absolute atomic E-state index is 0.244. The van der Waals surface area contributed by atoms with Crippen LogP contribution in [0.15, 0.2) is 54.6 Å². The van der Waals surface area contributed by atoms with Crippen molar-refractivity contribution in [1.82, 2.24) is 4.90 Å². The zero-order chi connectivity index (χ0) is 24.9. The second-order valence-electron chi connectivity index (χ2n) is 9.21. The van der Waals surface area contributed by atoms with E-state index < -0.39 is 23.8 Å². The van der Waals surface area contributed by atoms with Crippen LogP contribution in [0.4, 0.5) is 5.69 Å². The van der Waals surface area contributed by atoms with Crippen molar-refractivity contribution in [1.29, 1.82) is 0 Å². The van der Waals surface area contributed by atoms with E-state index in [1.165, 1.54) is 12.0 Å². The Morgan fingerprint density at radius 2 is 1.68 bits per heavy atom. The van der Waals surface area contributed by atoms with Gasteiger partial charge in [-0.2, -0.15) is 0 Å². The molecule has 182 valence electrons. The van der Waals surface area contributed by atoms with Crippen LogP contribution in [-0.2, 0) is 30.5 Å². The first-order valence-corrected chi connectivity index (χ1v) is 11.3. The number of amides is 1. The zero-order valence-corrected chi connectivity index (χ0v) is 20.3. The summed E-state index contributed by atoms with van der Waals surface area (Å²) in [6.45, 7) is 6.83. The number of hydrogen-bond acceptors (Lipinski definition) is 7. The van der Waals surface area contributed by atoms with Crippen molar-refractivity contribution in [2.24, 2.45) is 0 Å². The SMILES string of the molecule is COC(=O)CN(CC(=O)c1ccccc1)C(=O)[C@H]1Cc2ccccc2N1C(C)OOC(C)(C)C. The van der Waals surface area contributed by atoms with Crippen LogP contribution >= 0.6 is 0 Å². The van der Waals surface area contributed by atoms with E-state index in [4.69, 9.17) is 14.5 Å². The Morgan fingerprint density at radius 3 is 2.32 bits per heavy atom. The summed E-state index contributed by atoms with van der Waals surface area (Å²) in [6.07, 6.45) is -0.184. The number of nitrogens with zero attached hydrogens (tertiary/aromatic N) is 2. The molecule has 0 spiro atoms. The van der Waals surface area contributed by atoms with Gasteiger partial charge in [-0.25, -0.2) is 9.78 Å². The van der Waals surface area contributed by atoms with Crippen LogP contribution in [0.3, 0.4) is 0 Å². The molecule has 0 saturated carbocycles. The Hall–Kier alpha value is -3.23. The molecule has 0 aromatic heterocycles. The van der Waals surface area contributed by atoms with E-state index in [1.807, 2.05) is 56.0 Å². The van der Waals surface area contributed by atoms with Crippen molar-refractivity contribution in [3.8, 4) is 0 Å². The lowest BCUT2D eigenvalue weighted by Crippen LogP contribution is -2.53. The van der Waals surface area contributed by atoms with Crippen molar-refractivity contribution >= 4 is 23.3 Å². The molecule has 2 aromatic rings. The van der Waals surface area contributed by atoms with Crippen molar-refractivity contribution in [2.45, 2.75) is 52.0 Å². The van der Waals surface area contributed by atoms with Gasteiger partial charge in [0, 0.05) is 17.7 Å². The van der Waals surface area contributed by atoms with E-state index in [9.17, 15) is 14.4 Å². The first-order valence-electron chi connectivity index (χ1n) is 11.3. The van der Waals surface area contributed by atoms with Crippen LogP contribution in [-0.4, -0.2) is 60.6 Å². The summed E-state index contributed by atoms with van der Waals surface area (Å²) in [5.41, 5.74) is 1.75. The van der Waals surface area contributed by atoms with Crippen LogP contribution in [0.2, 0.25) is 0 Å². The lowest BCUT2D eigenvalue weighted by Gasteiger charge is -2.35. The van der Waals surface area contributed by atoms with Gasteiger partial charge < -0.3 is 14.5 Å². The predicted molar refractivity (Wildman–Crippen MR) is 127 cm³/mol. The lowest BCUT2D eigenvalue weighted by atomic mass is 10.1. The molecule has 0 bridgehead atoms. The summed E-state index contributed by atoms with van der Waals surface area (Å²) < 4.78 is 4.79. The van der Waals surface area contributed by atoms with Crippen molar-refractivity contribution in [3.63, 3.8) is 0 Å². The van der Waals surface area contributed by atoms with E-state index in [-0.39, 0.29) is 24.8 Å². The van der Waals surface area contributed by atoms with Crippen molar-refractivity contribution in [2.75, 3.05) is 25.1 Å². The molecule has 1 amide bonds. The second kappa shape index (κ2) is 10.8. The third-order valence-corrected chi connectivity index (χ3v) is 5.42. The molecule has 3 rings (SSSR count). The van der Waals surface area contributed by atoms with Crippen molar-refractivity contribution in [3.05, 3.63) is 65.7 Å². The predicted octanol–water partition coefficient (Wildman–Crippen LogP) is 3.39. The normalized spacial score (nSPS) is 16.0. The van der Waals surface area contributed by atoms with Gasteiger partial charge >= 0.3 is 5.97 Å². The molecule has 2 atom stereocenters. The minimum Gasteiger partial charge on any atom is -0.468 e. The number of hydrogen-bond donors (Lipinski definition) is 0. The number of ether oxygens (including phenoxy) is 1. The molecule has 8 nitrogen and oxygen atoms in total. The zero-order valence-electron chi connectivity index (χ0n) is 20.3. The molecule has 0 N–H and O–H groups in total. The molecule has 0 radical (unpaired) electrons. The molecular formula is C26H32N2O6. The quantitative estimate of drug-likeness (QED) is 0.241. The minimum atomic E-state index is -0.677. The lowest BCUT2D eigenvalue weighted by molar-refractivity contribution is -0.370. The molecule has 1 aliphatic heterocycles. The highest BCUT2D eigenvalue weighted by Gasteiger charge is 2.41. The number of fused-ring (bicyclic) bond motifs is 1. The number of rotatable bonds is 9. The molecule has 1 aliphatic rings. The monoisotopic (exact) mass is 468 g/mol. The Balaban J connectivity index is 1.88. The molecular weight excluding hydrogens is 436 g/mol. The van der Waals surface area contributed by atoms with E-state index in [0.29, 0.717) is 12.0 Å². The van der Waals surface area contributed by atoms with Crippen LogP contribution in [0.5, 0.6) is 0 Å². The Labute approximate surface area is 200 Å². The number of para-hydroxylation sites is 1. The number of benzene rings is 2. The topological polar surface area (TPSA) is 85.4 Å². The molecule has 0 aliphatic carbocycles. The first kappa shape index (κ1) is 25.4. The number of Topliss-reactive ketones (excluding diaryl/α,β-unsaturated/α-hetero) is 1. The fraction of sp³-hybridized carbons (Fsp3) is 0.423. The van der Waals surface area contributed by atoms with Gasteiger partial charge in [0.05, 0.1) is 19.3 Å². The van der Waals surface area contributed by atoms with Gasteiger partial charge in [0.2, 0.25) is 5.91 Å². The summed E-state index contributed by atoms with van der Waals surface area (Å²) in [4.78, 5) is 53.0. The van der Waals surface area contributed by atoms with Gasteiger partial charge in [0.25, 0.3) is 0 Å². The highest BCUT2D eigenvalue weighted by molar-refractivity contribution is 6.01. The number of ketones is 1. The summed E-state index contributed by atoms with van der Waals surface area (Å²) in [6, 6.07) is 15.7. The third-order valence-electron chi connectivity index (χ3n) is 5.42. The van der Waals surface area contributed by atoms with E-state index in [0.717, 1.165) is 11.3 Å². The summed E-state index contributed by atoms with van der Waals surface area (Å²) in [7, 11) is 1.25. The van der Waals surface area contributed by atoms with Gasteiger partial charge in [-0.05, 0) is 39.3 Å². The van der Waals surface area contributed by atoms with Gasteiger partial charge in [0.15, 0.2) is 12.0 Å². The maximum Gasteiger partial charge on any atom is 0.325 e. The van der Waals surface area contributed by atoms with E-state index >= 15 is 0 Å². The third kappa shape index (κ3) is 6.21. The number of methoxy groups -OCH3 is 1. The molecule has 34 heavy (non-hydrogen) atoms. The maximum absolute atomic E-state index is 13.8. The fourth-order valence-electron chi connectivity index (χ4n) is 3.86. The number of esters is 1. The Kier molecular flexibility index (Phi) is 8.06. The smallest absolute Gasteiger partial charge is 0.325 e. The molecule has 1 heterocycles. The summed E-state index contributed by atoms with van der Waals surface area (Å²) in [5.74, 6) is -1.23. The van der Waals surface area contributed by atoms with Crippen LogP contribution in [0.1, 0.15) is 43.6 Å². The molecule has 0 fully saturated rings. The first-order chi connectivity index (χ1) is 16.1. The number of carbonyl (C=O) groups is 3. The summed E-state index contributed by atoms with van der Waals surface area (Å²) in [5, 5.41) is 0. The van der Waals surface area contributed by atoms with Crippen LogP contribution in [0, 0.1) is 0 Å². The van der Waals surface area contributed by atoms with E-state index in [2.05, 4.69) is 0 Å². The van der Waals surface area contributed by atoms with Gasteiger partial charge in [-0.15, -0.1) is 0 Å². The summed E-state index contributed by atoms with van der Waals surface area (Å²) >= 11 is 0. The van der Waals surface area contributed by atoms with Gasteiger partial charge in [-0.1, -0.05) is 48.5 Å². The van der Waals surface area contributed by atoms with E-state index in [1.54, 1.807) is 31.2 Å². The van der Waals surface area contributed by atoms with Gasteiger partial charge in [-0.3, -0.25) is 14.4 Å². The molecule has 1 unspecified atom stereocenters. The average molecular weight is 469 g/mol. The standard InChI is InChI=1S/C26H32N2O6/c1-18(33-34-26(2,3)4)28-21-14-10-9-13-20(21)15-22(28)25(31)27(17-24(30)32-5)16-23(29)19-11-7-6-8-12-19/h6-14,18,22H,15-17H2,1-5H3/t18?,22-/m1/s1. The Morgan fingerprint density at radius 1 is 1.03 bits per heavy atom. The highest BCUT2D eigenvalue weighted by atomic mass is 17.2. The number of carbonyl (C=O) groups excluding carboxylic acids is 3. The maximum atomic E-state index is 13.8. The van der Waals surface area contributed by atoms with Crippen LogP contribution in [0.25, 0.3) is 0 Å². The van der Waals surface area contributed by atoms with Crippen LogP contribution < -0.4 is 4.90 Å². The van der Waals surface area contributed by atoms with Gasteiger partial charge in [0.1, 0.15) is 12.6 Å². The highest BCUT2D eigenvalue weighted by Crippen LogP contribution is 2.35. The molecule has 8 heteroatoms. The largest absolute Gasteiger partial charge is 0.468 e. The van der Waals surface area contributed by atoms with Crippen molar-refractivity contribution < 1.29 is 28.9 Å².